The van der Waals surface area contributed by atoms with E-state index in [2.05, 4.69) is 26.3 Å². The molecule has 7 nitrogen and oxygen atoms in total. The summed E-state index contributed by atoms with van der Waals surface area (Å²) in [7, 11) is 4.14. The highest BCUT2D eigenvalue weighted by Crippen LogP contribution is 2.01. The van der Waals surface area contributed by atoms with Crippen LogP contribution in [0.2, 0.25) is 0 Å². The standard InChI is InChI=1S/C19H40N2O5/c1-7-13-24-16(2)14-25-17(3)15-26-18(4)19(23)20-9-8-10-21(5,6)11-12-22/h16-18,22H,7-15H2,1-6H3/p+1. The lowest BCUT2D eigenvalue weighted by atomic mass is 10.3. The molecule has 0 heterocycles. The summed E-state index contributed by atoms with van der Waals surface area (Å²) in [5.41, 5.74) is 0. The molecule has 0 aromatic carbocycles. The van der Waals surface area contributed by atoms with E-state index in [1.807, 2.05) is 13.8 Å². The van der Waals surface area contributed by atoms with Crippen molar-refractivity contribution in [3.8, 4) is 0 Å². The highest BCUT2D eigenvalue weighted by Gasteiger charge is 2.17. The van der Waals surface area contributed by atoms with Gasteiger partial charge in [-0.05, 0) is 27.2 Å². The number of aliphatic hydroxyl groups is 1. The molecule has 156 valence electrons. The summed E-state index contributed by atoms with van der Waals surface area (Å²) in [6.07, 6.45) is 1.32. The van der Waals surface area contributed by atoms with Crippen LogP contribution in [0.1, 0.15) is 40.5 Å². The van der Waals surface area contributed by atoms with E-state index in [1.165, 1.54) is 0 Å². The number of carbonyl (C=O) groups is 1. The molecule has 0 bridgehead atoms. The minimum absolute atomic E-state index is 0.0617. The second kappa shape index (κ2) is 14.3. The molecular formula is C19H41N2O5+. The molecule has 0 aliphatic rings. The Kier molecular flexibility index (Phi) is 13.9. The largest absolute Gasteiger partial charge is 0.391 e. The number of nitrogens with one attached hydrogen (secondary N) is 1. The first-order chi connectivity index (χ1) is 12.2. The van der Waals surface area contributed by atoms with Gasteiger partial charge in [0, 0.05) is 19.6 Å². The predicted octanol–water partition coefficient (Wildman–Crippen LogP) is 1.19. The number of amides is 1. The highest BCUT2D eigenvalue weighted by molar-refractivity contribution is 5.80. The maximum Gasteiger partial charge on any atom is 0.248 e. The topological polar surface area (TPSA) is 77.0 Å². The van der Waals surface area contributed by atoms with Crippen molar-refractivity contribution in [2.45, 2.75) is 58.8 Å². The summed E-state index contributed by atoms with van der Waals surface area (Å²) in [6.45, 7) is 11.8. The van der Waals surface area contributed by atoms with E-state index in [0.29, 0.717) is 26.3 Å². The van der Waals surface area contributed by atoms with Gasteiger partial charge in [-0.15, -0.1) is 0 Å². The third kappa shape index (κ3) is 13.5. The van der Waals surface area contributed by atoms with E-state index in [1.54, 1.807) is 6.92 Å². The number of hydrogen-bond donors (Lipinski definition) is 2. The van der Waals surface area contributed by atoms with Crippen molar-refractivity contribution in [3.63, 3.8) is 0 Å². The van der Waals surface area contributed by atoms with Crippen LogP contribution in [0.15, 0.2) is 0 Å². The number of quaternary nitrogens is 1. The molecule has 3 unspecified atom stereocenters. The van der Waals surface area contributed by atoms with E-state index < -0.39 is 6.10 Å². The lowest BCUT2D eigenvalue weighted by molar-refractivity contribution is -0.890. The van der Waals surface area contributed by atoms with Gasteiger partial charge >= 0.3 is 0 Å². The van der Waals surface area contributed by atoms with Crippen molar-refractivity contribution in [1.82, 2.24) is 5.32 Å². The first-order valence-electron chi connectivity index (χ1n) is 9.77. The zero-order valence-corrected chi connectivity index (χ0v) is 17.6. The molecule has 0 saturated heterocycles. The number of likely N-dealkylation sites (N-methyl/N-ethyl adjacent to an activating group) is 1. The molecule has 0 radical (unpaired) electrons. The van der Waals surface area contributed by atoms with Gasteiger partial charge in [-0.25, -0.2) is 0 Å². The maximum atomic E-state index is 12.0. The molecule has 1 amide bonds. The average molecular weight is 378 g/mol. The number of rotatable bonds is 16. The molecule has 0 aromatic heterocycles. The quantitative estimate of drug-likeness (QED) is 0.312. The molecule has 26 heavy (non-hydrogen) atoms. The van der Waals surface area contributed by atoms with Crippen LogP contribution in [0, 0.1) is 0 Å². The van der Waals surface area contributed by atoms with Gasteiger partial charge in [-0.2, -0.15) is 0 Å². The second-order valence-electron chi connectivity index (χ2n) is 7.55. The van der Waals surface area contributed by atoms with Gasteiger partial charge in [-0.3, -0.25) is 4.79 Å². The molecule has 0 fully saturated rings. The van der Waals surface area contributed by atoms with Crippen LogP contribution < -0.4 is 5.32 Å². The van der Waals surface area contributed by atoms with E-state index >= 15 is 0 Å². The van der Waals surface area contributed by atoms with E-state index in [9.17, 15) is 4.79 Å². The van der Waals surface area contributed by atoms with Gasteiger partial charge in [0.25, 0.3) is 0 Å². The zero-order valence-electron chi connectivity index (χ0n) is 17.6. The van der Waals surface area contributed by atoms with Crippen LogP contribution >= 0.6 is 0 Å². The highest BCUT2D eigenvalue weighted by atomic mass is 16.6. The molecule has 2 N–H and O–H groups in total. The Morgan fingerprint density at radius 3 is 2.27 bits per heavy atom. The fourth-order valence-corrected chi connectivity index (χ4v) is 2.32. The summed E-state index contributed by atoms with van der Waals surface area (Å²) in [5, 5.41) is 11.9. The molecule has 0 aliphatic heterocycles. The summed E-state index contributed by atoms with van der Waals surface area (Å²) in [4.78, 5) is 12.0. The number of hydrogen-bond acceptors (Lipinski definition) is 5. The smallest absolute Gasteiger partial charge is 0.248 e. The Bertz CT molecular complexity index is 366. The lowest BCUT2D eigenvalue weighted by Gasteiger charge is -2.29. The van der Waals surface area contributed by atoms with Gasteiger partial charge in [0.1, 0.15) is 12.6 Å². The van der Waals surface area contributed by atoms with Crippen LogP contribution in [-0.4, -0.2) is 94.0 Å². The van der Waals surface area contributed by atoms with Crippen molar-refractivity contribution in [1.29, 1.82) is 0 Å². The zero-order chi connectivity index (χ0) is 20.0. The molecule has 0 spiro atoms. The Balaban J connectivity index is 3.84. The fourth-order valence-electron chi connectivity index (χ4n) is 2.32. The van der Waals surface area contributed by atoms with Crippen LogP contribution in [0.3, 0.4) is 0 Å². The van der Waals surface area contributed by atoms with Crippen molar-refractivity contribution in [2.24, 2.45) is 0 Å². The molecule has 0 aliphatic carbocycles. The fraction of sp³-hybridized carbons (Fsp3) is 0.947. The minimum Gasteiger partial charge on any atom is -0.391 e. The monoisotopic (exact) mass is 377 g/mol. The maximum absolute atomic E-state index is 12.0. The number of nitrogens with zero attached hydrogens (tertiary/aromatic N) is 1. The molecule has 0 aromatic rings. The van der Waals surface area contributed by atoms with Crippen molar-refractivity contribution < 1.29 is 28.6 Å². The van der Waals surface area contributed by atoms with Crippen LogP contribution in [0.25, 0.3) is 0 Å². The van der Waals surface area contributed by atoms with Crippen molar-refractivity contribution in [2.75, 3.05) is 60.2 Å². The minimum atomic E-state index is -0.505. The van der Waals surface area contributed by atoms with Crippen LogP contribution in [0.5, 0.6) is 0 Å². The third-order valence-electron chi connectivity index (χ3n) is 4.12. The molecule has 7 heteroatoms. The molecular weight excluding hydrogens is 336 g/mol. The van der Waals surface area contributed by atoms with Gasteiger partial charge < -0.3 is 29.1 Å². The first-order valence-corrected chi connectivity index (χ1v) is 9.77. The van der Waals surface area contributed by atoms with E-state index in [0.717, 1.165) is 30.5 Å². The Labute approximate surface area is 159 Å². The van der Waals surface area contributed by atoms with Crippen LogP contribution in [-0.2, 0) is 19.0 Å². The van der Waals surface area contributed by atoms with Gasteiger partial charge in [-0.1, -0.05) is 6.92 Å². The number of ether oxygens (including phenoxy) is 3. The Morgan fingerprint density at radius 2 is 1.65 bits per heavy atom. The third-order valence-corrected chi connectivity index (χ3v) is 4.12. The van der Waals surface area contributed by atoms with Gasteiger partial charge in [0.2, 0.25) is 5.91 Å². The molecule has 3 atom stereocenters. The summed E-state index contributed by atoms with van der Waals surface area (Å²) >= 11 is 0. The summed E-state index contributed by atoms with van der Waals surface area (Å²) in [6, 6.07) is 0. The van der Waals surface area contributed by atoms with Crippen molar-refractivity contribution >= 4 is 5.91 Å². The Morgan fingerprint density at radius 1 is 1.04 bits per heavy atom. The first kappa shape index (κ1) is 25.3. The molecule has 0 rings (SSSR count). The molecule has 0 saturated carbocycles. The SMILES string of the molecule is CCCOC(C)COC(C)COC(C)C(=O)NCCC[N+](C)(C)CCO. The normalized spacial score (nSPS) is 15.5. The van der Waals surface area contributed by atoms with Gasteiger partial charge in [0.05, 0.1) is 52.7 Å². The second-order valence-corrected chi connectivity index (χ2v) is 7.55. The van der Waals surface area contributed by atoms with Crippen molar-refractivity contribution in [3.05, 3.63) is 0 Å². The number of aliphatic hydroxyl groups excluding tert-OH is 1. The van der Waals surface area contributed by atoms with E-state index in [-0.39, 0.29) is 24.7 Å². The average Bonchev–Trinajstić information content (AvgIpc) is 2.59. The van der Waals surface area contributed by atoms with Gasteiger partial charge in [0.15, 0.2) is 0 Å². The lowest BCUT2D eigenvalue weighted by Crippen LogP contribution is -2.44. The summed E-state index contributed by atoms with van der Waals surface area (Å²) < 4.78 is 17.6. The Hall–Kier alpha value is -0.730. The predicted molar refractivity (Wildman–Crippen MR) is 103 cm³/mol. The number of carbonyl (C=O) groups excluding carboxylic acids is 1. The van der Waals surface area contributed by atoms with Crippen LogP contribution in [0.4, 0.5) is 0 Å². The van der Waals surface area contributed by atoms with E-state index in [4.69, 9.17) is 19.3 Å². The summed E-state index contributed by atoms with van der Waals surface area (Å²) in [5.74, 6) is -0.107.